The van der Waals surface area contributed by atoms with E-state index in [9.17, 15) is 14.7 Å². The summed E-state index contributed by atoms with van der Waals surface area (Å²) >= 11 is 0. The molecule has 6 heteroatoms. The van der Waals surface area contributed by atoms with Crippen molar-refractivity contribution in [3.8, 4) is 5.75 Å². The fourth-order valence-electron chi connectivity index (χ4n) is 2.29. The van der Waals surface area contributed by atoms with Crippen molar-refractivity contribution >= 4 is 11.9 Å². The Morgan fingerprint density at radius 1 is 1.04 bits per heavy atom. The van der Waals surface area contributed by atoms with E-state index in [1.807, 2.05) is 12.1 Å². The first-order valence-electron chi connectivity index (χ1n) is 7.56. The second-order valence-corrected chi connectivity index (χ2v) is 5.35. The van der Waals surface area contributed by atoms with Crippen LogP contribution in [0.15, 0.2) is 36.4 Å². The second kappa shape index (κ2) is 8.10. The van der Waals surface area contributed by atoms with E-state index in [-0.39, 0.29) is 24.6 Å². The van der Waals surface area contributed by atoms with Crippen LogP contribution in [0.4, 0.5) is 0 Å². The predicted octanol–water partition coefficient (Wildman–Crippen LogP) is 2.38. The van der Waals surface area contributed by atoms with Crippen molar-refractivity contribution in [3.63, 3.8) is 0 Å². The number of carboxylic acids is 1. The number of pyridine rings is 1. The molecule has 0 spiro atoms. The van der Waals surface area contributed by atoms with E-state index in [4.69, 9.17) is 5.11 Å². The normalized spacial score (nSPS) is 10.4. The Hall–Kier alpha value is -2.89. The van der Waals surface area contributed by atoms with Gasteiger partial charge in [-0.05, 0) is 42.7 Å². The summed E-state index contributed by atoms with van der Waals surface area (Å²) in [5.41, 5.74) is 2.73. The summed E-state index contributed by atoms with van der Waals surface area (Å²) in [5.74, 6) is -1.28. The van der Waals surface area contributed by atoms with E-state index in [0.29, 0.717) is 17.7 Å². The number of benzene rings is 1. The first kappa shape index (κ1) is 17.5. The zero-order valence-electron chi connectivity index (χ0n) is 13.4. The first-order valence-corrected chi connectivity index (χ1v) is 7.56. The van der Waals surface area contributed by atoms with Gasteiger partial charge >= 0.3 is 11.9 Å². The van der Waals surface area contributed by atoms with Crippen molar-refractivity contribution in [1.82, 2.24) is 4.98 Å². The van der Waals surface area contributed by atoms with E-state index in [2.05, 4.69) is 9.72 Å². The molecule has 1 aromatic carbocycles. The molecule has 1 aromatic heterocycles. The average Bonchev–Trinajstić information content (AvgIpc) is 2.59. The molecule has 0 radical (unpaired) electrons. The van der Waals surface area contributed by atoms with E-state index >= 15 is 0 Å². The minimum absolute atomic E-state index is 0.0161. The van der Waals surface area contributed by atoms with Crippen molar-refractivity contribution in [2.24, 2.45) is 0 Å². The number of carboxylic acid groups (broad SMARTS) is 1. The molecule has 0 bridgehead atoms. The van der Waals surface area contributed by atoms with Gasteiger partial charge in [0.2, 0.25) is 0 Å². The Balaban J connectivity index is 1.99. The first-order chi connectivity index (χ1) is 11.5. The fraction of sp³-hybridized carbons (Fsp3) is 0.278. The summed E-state index contributed by atoms with van der Waals surface area (Å²) in [6.45, 7) is 0. The third-order valence-electron chi connectivity index (χ3n) is 3.63. The number of methoxy groups -OCH3 is 1. The number of carbonyl (C=O) groups excluding carboxylic acids is 1. The molecule has 24 heavy (non-hydrogen) atoms. The molecular weight excluding hydrogens is 310 g/mol. The lowest BCUT2D eigenvalue weighted by atomic mass is 10.1. The van der Waals surface area contributed by atoms with Gasteiger partial charge in [-0.25, -0.2) is 4.79 Å². The predicted molar refractivity (Wildman–Crippen MR) is 87.0 cm³/mol. The van der Waals surface area contributed by atoms with Gasteiger partial charge in [-0.3, -0.25) is 9.78 Å². The van der Waals surface area contributed by atoms with Crippen molar-refractivity contribution in [3.05, 3.63) is 58.9 Å². The van der Waals surface area contributed by atoms with Crippen LogP contribution >= 0.6 is 0 Å². The molecule has 6 nitrogen and oxygen atoms in total. The highest BCUT2D eigenvalue weighted by atomic mass is 16.5. The number of esters is 1. The fourth-order valence-corrected chi connectivity index (χ4v) is 2.29. The molecule has 0 aliphatic carbocycles. The summed E-state index contributed by atoms with van der Waals surface area (Å²) in [6.07, 6.45) is 1.50. The maximum atomic E-state index is 11.4. The number of carbonyl (C=O) groups is 2. The number of hydrogen-bond donors (Lipinski definition) is 2. The Morgan fingerprint density at radius 2 is 1.75 bits per heavy atom. The summed E-state index contributed by atoms with van der Waals surface area (Å²) in [4.78, 5) is 26.4. The van der Waals surface area contributed by atoms with Crippen LogP contribution in [-0.2, 0) is 28.8 Å². The van der Waals surface area contributed by atoms with Crippen LogP contribution in [0.5, 0.6) is 5.75 Å². The molecule has 0 atom stereocenters. The molecule has 2 aromatic rings. The number of nitrogens with zero attached hydrogens (tertiary/aromatic N) is 1. The second-order valence-electron chi connectivity index (χ2n) is 5.35. The zero-order valence-corrected chi connectivity index (χ0v) is 13.4. The van der Waals surface area contributed by atoms with Crippen LogP contribution in [0.2, 0.25) is 0 Å². The molecule has 126 valence electrons. The Bertz CT molecular complexity index is 725. The minimum Gasteiger partial charge on any atom is -0.506 e. The highest BCUT2D eigenvalue weighted by Crippen LogP contribution is 2.18. The summed E-state index contributed by atoms with van der Waals surface area (Å²) in [7, 11) is 1.34. The van der Waals surface area contributed by atoms with E-state index < -0.39 is 5.97 Å². The minimum atomic E-state index is -0.924. The van der Waals surface area contributed by atoms with E-state index in [1.54, 1.807) is 24.3 Å². The highest BCUT2D eigenvalue weighted by molar-refractivity contribution is 5.89. The molecule has 1 heterocycles. The average molecular weight is 329 g/mol. The highest BCUT2D eigenvalue weighted by Gasteiger charge is 2.08. The molecule has 0 aliphatic rings. The molecule has 0 saturated carbocycles. The SMILES string of the molecule is COC(=O)c1ccc(CCc2ccc(O)c(CCC(=O)O)n2)cc1. The molecular formula is C18H19NO5. The molecule has 2 N–H and O–H groups in total. The van der Waals surface area contributed by atoms with Gasteiger partial charge in [0.25, 0.3) is 0 Å². The van der Waals surface area contributed by atoms with Crippen molar-refractivity contribution < 1.29 is 24.5 Å². The quantitative estimate of drug-likeness (QED) is 0.757. The van der Waals surface area contributed by atoms with Gasteiger partial charge in [-0.2, -0.15) is 0 Å². The molecule has 0 aliphatic heterocycles. The Labute approximate surface area is 139 Å². The van der Waals surface area contributed by atoms with Crippen LogP contribution in [0.3, 0.4) is 0 Å². The maximum absolute atomic E-state index is 11.4. The summed E-state index contributed by atoms with van der Waals surface area (Å²) < 4.78 is 4.66. The number of aliphatic carboxylic acids is 1. The van der Waals surface area contributed by atoms with Gasteiger partial charge in [0, 0.05) is 12.1 Å². The smallest absolute Gasteiger partial charge is 0.337 e. The molecule has 0 saturated heterocycles. The molecule has 0 fully saturated rings. The van der Waals surface area contributed by atoms with Crippen LogP contribution in [0.25, 0.3) is 0 Å². The number of ether oxygens (including phenoxy) is 1. The third-order valence-corrected chi connectivity index (χ3v) is 3.63. The number of aryl methyl sites for hydroxylation is 3. The van der Waals surface area contributed by atoms with Crippen LogP contribution in [0.1, 0.15) is 33.7 Å². The monoisotopic (exact) mass is 329 g/mol. The number of hydrogen-bond acceptors (Lipinski definition) is 5. The van der Waals surface area contributed by atoms with Gasteiger partial charge in [0.15, 0.2) is 0 Å². The van der Waals surface area contributed by atoms with Gasteiger partial charge in [0.05, 0.1) is 24.8 Å². The van der Waals surface area contributed by atoms with E-state index in [0.717, 1.165) is 17.7 Å². The van der Waals surface area contributed by atoms with Crippen LogP contribution in [-0.4, -0.2) is 34.2 Å². The zero-order chi connectivity index (χ0) is 17.5. The molecule has 0 unspecified atom stereocenters. The summed E-state index contributed by atoms with van der Waals surface area (Å²) in [6, 6.07) is 10.4. The van der Waals surface area contributed by atoms with Crippen molar-refractivity contribution in [2.45, 2.75) is 25.7 Å². The Morgan fingerprint density at radius 3 is 2.38 bits per heavy atom. The standard InChI is InChI=1S/C18H19NO5/c1-24-18(23)13-5-2-12(3-6-13)4-7-14-8-10-16(20)15(19-14)9-11-17(21)22/h2-3,5-6,8,10,20H,4,7,9,11H2,1H3,(H,21,22). The third kappa shape index (κ3) is 4.81. The molecule has 2 rings (SSSR count). The lowest BCUT2D eigenvalue weighted by molar-refractivity contribution is -0.136. The summed E-state index contributed by atoms with van der Waals surface area (Å²) in [5, 5.41) is 18.5. The number of aromatic hydroxyl groups is 1. The van der Waals surface area contributed by atoms with Gasteiger partial charge in [-0.1, -0.05) is 12.1 Å². The van der Waals surface area contributed by atoms with Crippen molar-refractivity contribution in [1.29, 1.82) is 0 Å². The van der Waals surface area contributed by atoms with Crippen LogP contribution in [0, 0.1) is 0 Å². The number of rotatable bonds is 7. The Kier molecular flexibility index (Phi) is 5.89. The molecule has 0 amide bonds. The lowest BCUT2D eigenvalue weighted by Crippen LogP contribution is -2.03. The lowest BCUT2D eigenvalue weighted by Gasteiger charge is -2.07. The van der Waals surface area contributed by atoms with Gasteiger partial charge in [0.1, 0.15) is 5.75 Å². The van der Waals surface area contributed by atoms with Gasteiger partial charge in [-0.15, -0.1) is 0 Å². The maximum Gasteiger partial charge on any atom is 0.337 e. The van der Waals surface area contributed by atoms with Crippen molar-refractivity contribution in [2.75, 3.05) is 7.11 Å². The topological polar surface area (TPSA) is 96.7 Å². The number of aromatic nitrogens is 1. The largest absolute Gasteiger partial charge is 0.506 e. The van der Waals surface area contributed by atoms with Gasteiger partial charge < -0.3 is 14.9 Å². The van der Waals surface area contributed by atoms with E-state index in [1.165, 1.54) is 7.11 Å². The van der Waals surface area contributed by atoms with Crippen LogP contribution < -0.4 is 0 Å².